The number of hydrogen-bond acceptors (Lipinski definition) is 4. The van der Waals surface area contributed by atoms with Gasteiger partial charge in [-0.1, -0.05) is 34.6 Å². The van der Waals surface area contributed by atoms with Gasteiger partial charge in [0.1, 0.15) is 0 Å². The number of hydrogen-bond donors (Lipinski definition) is 3. The number of aliphatic hydroxyl groups is 2. The summed E-state index contributed by atoms with van der Waals surface area (Å²) in [4.78, 5) is 11.4. The topological polar surface area (TPSA) is 78.8 Å². The molecule has 198 valence electrons. The van der Waals surface area contributed by atoms with E-state index in [1.165, 1.54) is 38.5 Å². The van der Waals surface area contributed by atoms with Crippen molar-refractivity contribution in [1.29, 1.82) is 0 Å². The molecule has 6 rings (SSSR count). The zero-order chi connectivity index (χ0) is 25.2. The maximum absolute atomic E-state index is 12.2. The summed E-state index contributed by atoms with van der Waals surface area (Å²) < 4.78 is 6.74. The molecule has 0 aromatic carbocycles. The predicted octanol–water partition coefficient (Wildman–Crippen LogP) is 4.69. The summed E-state index contributed by atoms with van der Waals surface area (Å²) in [5.74, 6) is 2.08. The Morgan fingerprint density at radius 2 is 1.69 bits per heavy atom. The number of nitrogens with one attached hydrogen (secondary N) is 1. The maximum Gasteiger partial charge on any atom is 0.216 e. The Balaban J connectivity index is 1.30. The van der Waals surface area contributed by atoms with Crippen LogP contribution in [0.1, 0.15) is 99.3 Å². The van der Waals surface area contributed by atoms with Crippen LogP contribution in [-0.2, 0) is 9.53 Å². The lowest BCUT2D eigenvalue weighted by Crippen LogP contribution is -2.59. The van der Waals surface area contributed by atoms with E-state index in [2.05, 4.69) is 39.9 Å². The van der Waals surface area contributed by atoms with Crippen LogP contribution in [-0.4, -0.2) is 47.1 Å². The van der Waals surface area contributed by atoms with Crippen LogP contribution in [0.3, 0.4) is 0 Å². The molecule has 3 unspecified atom stereocenters. The molecule has 6 fully saturated rings. The van der Waals surface area contributed by atoms with Gasteiger partial charge in [0.15, 0.2) is 0 Å². The first-order valence-electron chi connectivity index (χ1n) is 14.6. The molecule has 0 aromatic heterocycles. The van der Waals surface area contributed by atoms with Crippen LogP contribution >= 0.6 is 0 Å². The van der Waals surface area contributed by atoms with E-state index in [1.54, 1.807) is 6.92 Å². The minimum atomic E-state index is -0.429. The molecule has 0 aromatic rings. The van der Waals surface area contributed by atoms with E-state index in [1.807, 2.05) is 0 Å². The fourth-order valence-electron chi connectivity index (χ4n) is 12.0. The molecule has 1 amide bonds. The molecule has 12 atom stereocenters. The number of fused-ring (bicyclic) bond motifs is 4. The molecule has 0 radical (unpaired) electrons. The third-order valence-electron chi connectivity index (χ3n) is 13.7. The molecule has 1 heterocycles. The third-order valence-corrected chi connectivity index (χ3v) is 13.7. The smallest absolute Gasteiger partial charge is 0.216 e. The number of carbonyl (C=O) groups is 1. The molecule has 2 spiro atoms. The third kappa shape index (κ3) is 2.84. The molecule has 1 saturated heterocycles. The van der Waals surface area contributed by atoms with E-state index in [9.17, 15) is 15.0 Å². The molecule has 5 heteroatoms. The van der Waals surface area contributed by atoms with Crippen molar-refractivity contribution < 1.29 is 19.7 Å². The van der Waals surface area contributed by atoms with Crippen LogP contribution in [0.25, 0.3) is 0 Å². The molecule has 3 N–H and O–H groups in total. The molecule has 0 bridgehead atoms. The highest BCUT2D eigenvalue weighted by atomic mass is 16.5. The zero-order valence-electron chi connectivity index (χ0n) is 22.9. The van der Waals surface area contributed by atoms with E-state index in [4.69, 9.17) is 4.74 Å². The van der Waals surface area contributed by atoms with Crippen molar-refractivity contribution in [2.24, 2.45) is 50.7 Å². The van der Waals surface area contributed by atoms with Crippen LogP contribution in [0, 0.1) is 50.7 Å². The fourth-order valence-corrected chi connectivity index (χ4v) is 12.0. The summed E-state index contributed by atoms with van der Waals surface area (Å²) >= 11 is 0. The van der Waals surface area contributed by atoms with E-state index in [-0.39, 0.29) is 40.5 Å². The van der Waals surface area contributed by atoms with E-state index < -0.39 is 6.10 Å². The highest BCUT2D eigenvalue weighted by Crippen LogP contribution is 2.89. The Kier molecular flexibility index (Phi) is 5.27. The Bertz CT molecular complexity index is 905. The van der Waals surface area contributed by atoms with Gasteiger partial charge in [0, 0.05) is 18.9 Å². The highest BCUT2D eigenvalue weighted by molar-refractivity contribution is 5.72. The summed E-state index contributed by atoms with van der Waals surface area (Å²) in [5.41, 5.74) is 0.689. The number of rotatable bonds is 3. The molecule has 35 heavy (non-hydrogen) atoms. The van der Waals surface area contributed by atoms with Gasteiger partial charge in [-0.05, 0) is 103 Å². The number of aliphatic hydroxyl groups excluding tert-OH is 2. The molecule has 5 nitrogen and oxygen atoms in total. The Morgan fingerprint density at radius 3 is 2.40 bits per heavy atom. The second-order valence-corrected chi connectivity index (χ2v) is 14.9. The minimum Gasteiger partial charge on any atom is -0.393 e. The van der Waals surface area contributed by atoms with E-state index in [0.717, 1.165) is 19.3 Å². The van der Waals surface area contributed by atoms with Gasteiger partial charge in [-0.2, -0.15) is 0 Å². The normalized spacial score (nSPS) is 57.7. The second-order valence-electron chi connectivity index (χ2n) is 14.9. The van der Waals surface area contributed by atoms with Gasteiger partial charge < -0.3 is 20.3 Å². The molecular weight excluding hydrogens is 438 g/mol. The standard InChI is InChI=1S/C30H49NO4/c1-17-15-19(10-14-31-18(2)32)35-24-23(17)27(5)12-13-30-16-29(30)11-9-22(33)26(3,4)20(29)7-8-21(30)28(27,6)25(24)34/h17,19-25,33-34H,7-16H2,1-6H3,(H,31,32)/t17-,19?,20+,21?,22+,23+,24?,25+,27-,28-,29-,30+/m1/s1. The van der Waals surface area contributed by atoms with Crippen molar-refractivity contribution >= 4 is 5.91 Å². The number of ether oxygens (including phenoxy) is 1. The van der Waals surface area contributed by atoms with Crippen molar-refractivity contribution in [3.8, 4) is 0 Å². The molecule has 5 saturated carbocycles. The largest absolute Gasteiger partial charge is 0.393 e. The lowest BCUT2D eigenvalue weighted by Gasteiger charge is -2.63. The summed E-state index contributed by atoms with van der Waals surface area (Å²) in [6.07, 6.45) is 9.54. The van der Waals surface area contributed by atoms with Crippen molar-refractivity contribution in [2.45, 2.75) is 124 Å². The van der Waals surface area contributed by atoms with Gasteiger partial charge in [0.2, 0.25) is 5.91 Å². The van der Waals surface area contributed by atoms with Crippen LogP contribution in [0.2, 0.25) is 0 Å². The molecule has 5 aliphatic carbocycles. The molecular formula is C30H49NO4. The molecule has 1 aliphatic heterocycles. The monoisotopic (exact) mass is 487 g/mol. The predicted molar refractivity (Wildman–Crippen MR) is 135 cm³/mol. The molecule has 6 aliphatic rings. The van der Waals surface area contributed by atoms with Crippen molar-refractivity contribution in [2.75, 3.05) is 6.54 Å². The quantitative estimate of drug-likeness (QED) is 0.540. The summed E-state index contributed by atoms with van der Waals surface area (Å²) in [6.45, 7) is 14.2. The van der Waals surface area contributed by atoms with Gasteiger partial charge in [-0.25, -0.2) is 0 Å². The van der Waals surface area contributed by atoms with E-state index >= 15 is 0 Å². The lowest BCUT2D eigenvalue weighted by molar-refractivity contribution is -0.182. The van der Waals surface area contributed by atoms with Gasteiger partial charge in [-0.15, -0.1) is 0 Å². The first-order valence-corrected chi connectivity index (χ1v) is 14.6. The average Bonchev–Trinajstić information content (AvgIpc) is 3.41. The zero-order valence-corrected chi connectivity index (χ0v) is 22.9. The fraction of sp³-hybridized carbons (Fsp3) is 0.967. The highest BCUT2D eigenvalue weighted by Gasteiger charge is 2.84. The van der Waals surface area contributed by atoms with Crippen molar-refractivity contribution in [1.82, 2.24) is 5.32 Å². The van der Waals surface area contributed by atoms with Crippen molar-refractivity contribution in [3.05, 3.63) is 0 Å². The van der Waals surface area contributed by atoms with Crippen LogP contribution in [0.5, 0.6) is 0 Å². The first-order chi connectivity index (χ1) is 16.3. The number of carbonyl (C=O) groups excluding carboxylic acids is 1. The van der Waals surface area contributed by atoms with Gasteiger partial charge in [0.05, 0.1) is 24.4 Å². The average molecular weight is 488 g/mol. The summed E-state index contributed by atoms with van der Waals surface area (Å²) in [7, 11) is 0. The SMILES string of the molecule is CC(=O)NCCC1C[C@@H](C)[C@H]2C(O1)[C@H](O)[C@@]1(C)C3CC[C@H]4C(C)(C)[C@@H](O)CC[C@@]45C[C@@]35CC[C@]21C. The Hall–Kier alpha value is -0.650. The van der Waals surface area contributed by atoms with Crippen LogP contribution in [0.4, 0.5) is 0 Å². The summed E-state index contributed by atoms with van der Waals surface area (Å²) in [5, 5.41) is 26.0. The number of amides is 1. The Morgan fingerprint density at radius 1 is 1.00 bits per heavy atom. The Labute approximate surface area is 212 Å². The second kappa shape index (κ2) is 7.47. The maximum atomic E-state index is 12.2. The van der Waals surface area contributed by atoms with Crippen molar-refractivity contribution in [3.63, 3.8) is 0 Å². The van der Waals surface area contributed by atoms with Crippen LogP contribution < -0.4 is 5.32 Å². The van der Waals surface area contributed by atoms with Gasteiger partial charge in [0.25, 0.3) is 0 Å². The lowest BCUT2D eigenvalue weighted by atomic mass is 9.41. The van der Waals surface area contributed by atoms with Gasteiger partial charge in [-0.3, -0.25) is 4.79 Å². The first kappa shape index (κ1) is 24.7. The van der Waals surface area contributed by atoms with Gasteiger partial charge >= 0.3 is 0 Å². The van der Waals surface area contributed by atoms with Crippen LogP contribution in [0.15, 0.2) is 0 Å². The summed E-state index contributed by atoms with van der Waals surface area (Å²) in [6, 6.07) is 0. The van der Waals surface area contributed by atoms with E-state index in [0.29, 0.717) is 41.0 Å². The minimum absolute atomic E-state index is 0.00455.